The molecule has 0 aromatic carbocycles. The van der Waals surface area contributed by atoms with Crippen LogP contribution in [0, 0.1) is 5.92 Å². The first kappa shape index (κ1) is 19.6. The van der Waals surface area contributed by atoms with Crippen LogP contribution >= 0.6 is 0 Å². The summed E-state index contributed by atoms with van der Waals surface area (Å²) in [7, 11) is 0. The summed E-state index contributed by atoms with van der Waals surface area (Å²) >= 11 is 0. The lowest BCUT2D eigenvalue weighted by molar-refractivity contribution is -0.131. The molecule has 0 aromatic rings. The van der Waals surface area contributed by atoms with Crippen molar-refractivity contribution in [2.75, 3.05) is 26.2 Å². The van der Waals surface area contributed by atoms with Gasteiger partial charge in [-0.2, -0.15) is 0 Å². The molecule has 0 fully saturated rings. The molecule has 0 radical (unpaired) electrons. The Labute approximate surface area is 128 Å². The predicted octanol–water partition coefficient (Wildman–Crippen LogP) is -2.30. The average molecular weight is 314 g/mol. The van der Waals surface area contributed by atoms with Crippen molar-refractivity contribution in [3.05, 3.63) is 0 Å². The Bertz CT molecular complexity index is 370. The third-order valence-corrected chi connectivity index (χ3v) is 2.79. The van der Waals surface area contributed by atoms with Crippen LogP contribution in [0.5, 0.6) is 0 Å². The number of Topliss-reactive ketones (excluding diaryl/α,β-unsaturated/α-hetero) is 1. The fourth-order valence-corrected chi connectivity index (χ4v) is 1.62. The van der Waals surface area contributed by atoms with Crippen LogP contribution < -0.4 is 21.3 Å². The highest BCUT2D eigenvalue weighted by molar-refractivity contribution is 5.89. The number of hydrogen-bond acceptors (Lipinski definition) is 5. The van der Waals surface area contributed by atoms with E-state index in [-0.39, 0.29) is 43.5 Å². The van der Waals surface area contributed by atoms with E-state index in [1.54, 1.807) is 0 Å². The molecular weight excluding hydrogens is 292 g/mol. The lowest BCUT2D eigenvalue weighted by Crippen LogP contribution is -2.36. The van der Waals surface area contributed by atoms with Gasteiger partial charge in [-0.25, -0.2) is 0 Å². The maximum absolute atomic E-state index is 11.6. The third-order valence-electron chi connectivity index (χ3n) is 2.79. The van der Waals surface area contributed by atoms with Crippen LogP contribution in [-0.2, 0) is 24.0 Å². The topological polar surface area (TPSA) is 133 Å². The zero-order valence-electron chi connectivity index (χ0n) is 12.5. The van der Waals surface area contributed by atoms with Gasteiger partial charge < -0.3 is 21.3 Å². The third kappa shape index (κ3) is 10.4. The SMILES string of the molecule is CC(=O)C(CC(=O)NCCNC=O)CC(=O)NCCNC=O. The molecule has 0 aliphatic rings. The Balaban J connectivity index is 4.11. The molecule has 0 aromatic heterocycles. The highest BCUT2D eigenvalue weighted by Crippen LogP contribution is 2.10. The van der Waals surface area contributed by atoms with Gasteiger partial charge in [0.05, 0.1) is 0 Å². The van der Waals surface area contributed by atoms with E-state index in [0.29, 0.717) is 25.9 Å². The minimum atomic E-state index is -0.696. The van der Waals surface area contributed by atoms with Crippen LogP contribution in [0.15, 0.2) is 0 Å². The van der Waals surface area contributed by atoms with E-state index in [0.717, 1.165) is 0 Å². The summed E-state index contributed by atoms with van der Waals surface area (Å²) in [6.07, 6.45) is 0.871. The van der Waals surface area contributed by atoms with E-state index in [4.69, 9.17) is 0 Å². The van der Waals surface area contributed by atoms with E-state index >= 15 is 0 Å². The smallest absolute Gasteiger partial charge is 0.220 e. The largest absolute Gasteiger partial charge is 0.357 e. The molecule has 4 amide bonds. The second-order valence-corrected chi connectivity index (χ2v) is 4.56. The van der Waals surface area contributed by atoms with Crippen molar-refractivity contribution in [3.8, 4) is 0 Å². The summed E-state index contributed by atoms with van der Waals surface area (Å²) in [4.78, 5) is 54.8. The first-order valence-corrected chi connectivity index (χ1v) is 6.89. The van der Waals surface area contributed by atoms with E-state index in [1.807, 2.05) is 0 Å². The van der Waals surface area contributed by atoms with Gasteiger partial charge in [-0.1, -0.05) is 0 Å². The van der Waals surface area contributed by atoms with Gasteiger partial charge in [-0.3, -0.25) is 24.0 Å². The van der Waals surface area contributed by atoms with Gasteiger partial charge >= 0.3 is 0 Å². The lowest BCUT2D eigenvalue weighted by Gasteiger charge is -2.13. The minimum absolute atomic E-state index is 0.0869. The molecule has 0 aliphatic carbocycles. The predicted molar refractivity (Wildman–Crippen MR) is 77.6 cm³/mol. The van der Waals surface area contributed by atoms with Crippen LogP contribution in [0.3, 0.4) is 0 Å². The maximum Gasteiger partial charge on any atom is 0.220 e. The Hall–Kier alpha value is -2.45. The van der Waals surface area contributed by atoms with Gasteiger partial charge in [-0.05, 0) is 6.92 Å². The van der Waals surface area contributed by atoms with Crippen LogP contribution in [0.4, 0.5) is 0 Å². The average Bonchev–Trinajstić information content (AvgIpc) is 2.47. The highest BCUT2D eigenvalue weighted by atomic mass is 16.2. The molecular formula is C13H22N4O5. The molecule has 0 spiro atoms. The van der Waals surface area contributed by atoms with Crippen LogP contribution in [0.2, 0.25) is 0 Å². The molecule has 0 saturated carbocycles. The first-order valence-electron chi connectivity index (χ1n) is 6.89. The Kier molecular flexibility index (Phi) is 10.9. The Morgan fingerprint density at radius 1 is 0.818 bits per heavy atom. The van der Waals surface area contributed by atoms with Crippen molar-refractivity contribution in [1.82, 2.24) is 21.3 Å². The lowest BCUT2D eigenvalue weighted by atomic mass is 9.96. The van der Waals surface area contributed by atoms with Crippen molar-refractivity contribution >= 4 is 30.4 Å². The Morgan fingerprint density at radius 2 is 1.23 bits per heavy atom. The number of carbonyl (C=O) groups is 5. The molecule has 22 heavy (non-hydrogen) atoms. The molecule has 0 atom stereocenters. The molecule has 124 valence electrons. The van der Waals surface area contributed by atoms with Crippen molar-refractivity contribution < 1.29 is 24.0 Å². The first-order chi connectivity index (χ1) is 10.5. The molecule has 9 nitrogen and oxygen atoms in total. The van der Waals surface area contributed by atoms with Gasteiger partial charge in [0.25, 0.3) is 0 Å². The molecule has 0 saturated heterocycles. The van der Waals surface area contributed by atoms with E-state index < -0.39 is 5.92 Å². The molecule has 9 heteroatoms. The number of nitrogens with one attached hydrogen (secondary N) is 4. The van der Waals surface area contributed by atoms with Gasteiger partial charge in [0.2, 0.25) is 24.6 Å². The van der Waals surface area contributed by atoms with Gasteiger partial charge in [-0.15, -0.1) is 0 Å². The fourth-order valence-electron chi connectivity index (χ4n) is 1.62. The van der Waals surface area contributed by atoms with Crippen LogP contribution in [0.1, 0.15) is 19.8 Å². The van der Waals surface area contributed by atoms with Crippen molar-refractivity contribution in [3.63, 3.8) is 0 Å². The molecule has 0 bridgehead atoms. The summed E-state index contributed by atoms with van der Waals surface area (Å²) < 4.78 is 0. The molecule has 0 rings (SSSR count). The summed E-state index contributed by atoms with van der Waals surface area (Å²) in [5, 5.41) is 9.86. The van der Waals surface area contributed by atoms with E-state index in [2.05, 4.69) is 21.3 Å². The van der Waals surface area contributed by atoms with E-state index in [1.165, 1.54) is 6.92 Å². The maximum atomic E-state index is 11.6. The summed E-state index contributed by atoms with van der Waals surface area (Å²) in [5.74, 6) is -1.66. The second kappa shape index (κ2) is 12.3. The fraction of sp³-hybridized carbons (Fsp3) is 0.615. The van der Waals surface area contributed by atoms with Crippen LogP contribution in [-0.4, -0.2) is 56.6 Å². The van der Waals surface area contributed by atoms with Crippen LogP contribution in [0.25, 0.3) is 0 Å². The second-order valence-electron chi connectivity index (χ2n) is 4.56. The highest BCUT2D eigenvalue weighted by Gasteiger charge is 2.21. The molecule has 0 heterocycles. The number of ketones is 1. The summed E-state index contributed by atoms with van der Waals surface area (Å²) in [6.45, 7) is 2.43. The number of hydrogen-bond donors (Lipinski definition) is 4. The standard InChI is InChI=1S/C13H22N4O5/c1-10(20)11(6-12(21)16-4-2-14-8-18)7-13(22)17-5-3-15-9-19/h8-9,11H,2-7H2,1H3,(H,14,18)(H,15,19)(H,16,21)(H,17,22). The summed E-state index contributed by atoms with van der Waals surface area (Å²) in [5.41, 5.74) is 0. The van der Waals surface area contributed by atoms with E-state index in [9.17, 15) is 24.0 Å². The number of amides is 4. The normalized spacial score (nSPS) is 9.73. The van der Waals surface area contributed by atoms with Crippen molar-refractivity contribution in [1.29, 1.82) is 0 Å². The van der Waals surface area contributed by atoms with Crippen molar-refractivity contribution in [2.45, 2.75) is 19.8 Å². The van der Waals surface area contributed by atoms with Gasteiger partial charge in [0.1, 0.15) is 5.78 Å². The summed E-state index contributed by atoms with van der Waals surface area (Å²) in [6, 6.07) is 0. The molecule has 0 aliphatic heterocycles. The quantitative estimate of drug-likeness (QED) is 0.224. The van der Waals surface area contributed by atoms with Crippen molar-refractivity contribution in [2.24, 2.45) is 5.92 Å². The molecule has 4 N–H and O–H groups in total. The number of rotatable bonds is 13. The molecule has 0 unspecified atom stereocenters. The zero-order chi connectivity index (χ0) is 16.8. The Morgan fingerprint density at radius 3 is 1.55 bits per heavy atom. The van der Waals surface area contributed by atoms with Gasteiger partial charge in [0, 0.05) is 44.9 Å². The monoisotopic (exact) mass is 314 g/mol. The zero-order valence-corrected chi connectivity index (χ0v) is 12.5. The minimum Gasteiger partial charge on any atom is -0.357 e. The van der Waals surface area contributed by atoms with Gasteiger partial charge in [0.15, 0.2) is 0 Å². The number of carbonyl (C=O) groups excluding carboxylic acids is 5.